The van der Waals surface area contributed by atoms with E-state index in [1.54, 1.807) is 12.3 Å². The Balaban J connectivity index is 1.43. The number of aromatic nitrogens is 1. The van der Waals surface area contributed by atoms with E-state index in [9.17, 15) is 4.79 Å². The molecule has 1 saturated heterocycles. The lowest BCUT2D eigenvalue weighted by atomic mass is 10.2. The van der Waals surface area contributed by atoms with E-state index in [4.69, 9.17) is 9.47 Å². The Kier molecular flexibility index (Phi) is 6.12. The number of carbonyl (C=O) groups excluding carboxylic acids is 1. The Morgan fingerprint density at radius 1 is 1.42 bits per heavy atom. The van der Waals surface area contributed by atoms with Gasteiger partial charge in [0, 0.05) is 37.3 Å². The van der Waals surface area contributed by atoms with Gasteiger partial charge in [-0.15, -0.1) is 11.3 Å². The first-order valence-corrected chi connectivity index (χ1v) is 8.80. The van der Waals surface area contributed by atoms with Crippen molar-refractivity contribution < 1.29 is 14.3 Å². The van der Waals surface area contributed by atoms with Crippen LogP contribution in [0.5, 0.6) is 0 Å². The lowest BCUT2D eigenvalue weighted by Crippen LogP contribution is -2.44. The van der Waals surface area contributed by atoms with Crippen molar-refractivity contribution in [2.24, 2.45) is 0 Å². The molecule has 0 spiro atoms. The number of carbonyl (C=O) groups is 1. The molecule has 2 heterocycles. The lowest BCUT2D eigenvalue weighted by Gasteiger charge is -2.32. The zero-order chi connectivity index (χ0) is 16.6. The number of morpholine rings is 1. The van der Waals surface area contributed by atoms with Crippen molar-refractivity contribution in [2.75, 3.05) is 26.3 Å². The zero-order valence-corrected chi connectivity index (χ0v) is 14.2. The summed E-state index contributed by atoms with van der Waals surface area (Å²) < 4.78 is 11.0. The molecule has 0 amide bonds. The van der Waals surface area contributed by atoms with Crippen LogP contribution in [-0.2, 0) is 20.8 Å². The van der Waals surface area contributed by atoms with Crippen LogP contribution >= 0.6 is 11.3 Å². The predicted molar refractivity (Wildman–Crippen MR) is 93.6 cm³/mol. The fourth-order valence-electron chi connectivity index (χ4n) is 2.55. The highest BCUT2D eigenvalue weighted by molar-refractivity contribution is 7.10. The van der Waals surface area contributed by atoms with Gasteiger partial charge in [0.05, 0.1) is 6.61 Å². The molecule has 1 aromatic heterocycles. The summed E-state index contributed by atoms with van der Waals surface area (Å²) in [7, 11) is 0. The number of esters is 1. The van der Waals surface area contributed by atoms with Gasteiger partial charge < -0.3 is 9.47 Å². The summed E-state index contributed by atoms with van der Waals surface area (Å²) in [6.07, 6.45) is 4.69. The number of thiazole rings is 1. The minimum absolute atomic E-state index is 0.0836. The van der Waals surface area contributed by atoms with Crippen molar-refractivity contribution in [3.63, 3.8) is 0 Å². The first kappa shape index (κ1) is 16.8. The maximum Gasteiger partial charge on any atom is 0.330 e. The third-order valence-electron chi connectivity index (χ3n) is 3.70. The Labute approximate surface area is 145 Å². The molecular formula is C18H20N2O3S. The number of ether oxygens (including phenoxy) is 2. The number of nitrogens with zero attached hydrogens (tertiary/aromatic N) is 2. The molecule has 0 bridgehead atoms. The van der Waals surface area contributed by atoms with Gasteiger partial charge in [0.1, 0.15) is 17.7 Å². The molecule has 1 unspecified atom stereocenters. The second-order valence-corrected chi connectivity index (χ2v) is 6.47. The smallest absolute Gasteiger partial charge is 0.330 e. The van der Waals surface area contributed by atoms with Crippen LogP contribution in [0.4, 0.5) is 0 Å². The highest BCUT2D eigenvalue weighted by Gasteiger charge is 2.21. The van der Waals surface area contributed by atoms with E-state index in [0.29, 0.717) is 6.61 Å². The Bertz CT molecular complexity index is 658. The van der Waals surface area contributed by atoms with Gasteiger partial charge in [-0.2, -0.15) is 0 Å². The molecular weight excluding hydrogens is 324 g/mol. The molecule has 1 aromatic carbocycles. The fourth-order valence-corrected chi connectivity index (χ4v) is 3.08. The fraction of sp³-hybridized carbons (Fsp3) is 0.333. The van der Waals surface area contributed by atoms with Crippen LogP contribution in [0.25, 0.3) is 6.08 Å². The summed E-state index contributed by atoms with van der Waals surface area (Å²) in [6, 6.07) is 10.3. The standard InChI is InChI=1S/C18H20N2O3S/c21-18(7-6-17-19-8-11-24-17)23-14-16-13-20(9-10-22-16)12-15-4-2-1-3-5-15/h1-8,11,16H,9-10,12-14H2. The van der Waals surface area contributed by atoms with Gasteiger partial charge in [-0.25, -0.2) is 9.78 Å². The normalized spacial score (nSPS) is 18.8. The molecule has 1 aliphatic rings. The Hall–Kier alpha value is -2.02. The predicted octanol–water partition coefficient (Wildman–Crippen LogP) is 2.60. The second-order valence-electron chi connectivity index (χ2n) is 5.55. The molecule has 0 radical (unpaired) electrons. The van der Waals surface area contributed by atoms with Gasteiger partial charge in [-0.3, -0.25) is 4.90 Å². The topological polar surface area (TPSA) is 51.7 Å². The average Bonchev–Trinajstić information content (AvgIpc) is 3.13. The van der Waals surface area contributed by atoms with Crippen molar-refractivity contribution >= 4 is 23.4 Å². The van der Waals surface area contributed by atoms with Gasteiger partial charge in [0.2, 0.25) is 0 Å². The van der Waals surface area contributed by atoms with E-state index < -0.39 is 0 Å². The zero-order valence-electron chi connectivity index (χ0n) is 13.3. The van der Waals surface area contributed by atoms with Crippen LogP contribution in [0.1, 0.15) is 10.6 Å². The van der Waals surface area contributed by atoms with Crippen molar-refractivity contribution in [3.05, 3.63) is 58.6 Å². The van der Waals surface area contributed by atoms with E-state index in [0.717, 1.165) is 24.6 Å². The molecule has 1 fully saturated rings. The molecule has 24 heavy (non-hydrogen) atoms. The molecule has 5 nitrogen and oxygen atoms in total. The molecule has 3 rings (SSSR count). The van der Waals surface area contributed by atoms with Gasteiger partial charge in [0.15, 0.2) is 0 Å². The van der Waals surface area contributed by atoms with Crippen molar-refractivity contribution in [3.8, 4) is 0 Å². The molecule has 0 aliphatic carbocycles. The first-order chi connectivity index (χ1) is 11.8. The molecule has 0 saturated carbocycles. The van der Waals surface area contributed by atoms with Gasteiger partial charge in [-0.05, 0) is 11.6 Å². The Morgan fingerprint density at radius 3 is 3.08 bits per heavy atom. The van der Waals surface area contributed by atoms with Gasteiger partial charge in [-0.1, -0.05) is 30.3 Å². The summed E-state index contributed by atoms with van der Waals surface area (Å²) in [6.45, 7) is 3.47. The molecule has 1 atom stereocenters. The highest BCUT2D eigenvalue weighted by atomic mass is 32.1. The van der Waals surface area contributed by atoms with Crippen LogP contribution in [0.3, 0.4) is 0 Å². The molecule has 1 aliphatic heterocycles. The van der Waals surface area contributed by atoms with Gasteiger partial charge in [0.25, 0.3) is 0 Å². The average molecular weight is 344 g/mol. The quantitative estimate of drug-likeness (QED) is 0.595. The number of rotatable bonds is 6. The number of hydrogen-bond donors (Lipinski definition) is 0. The van der Waals surface area contributed by atoms with Crippen LogP contribution in [0.2, 0.25) is 0 Å². The molecule has 2 aromatic rings. The molecule has 0 N–H and O–H groups in total. The third kappa shape index (κ3) is 5.26. The van der Waals surface area contributed by atoms with E-state index in [-0.39, 0.29) is 18.7 Å². The summed E-state index contributed by atoms with van der Waals surface area (Å²) in [5.41, 5.74) is 1.28. The van der Waals surface area contributed by atoms with E-state index in [2.05, 4.69) is 22.0 Å². The maximum atomic E-state index is 11.8. The molecule has 6 heteroatoms. The lowest BCUT2D eigenvalue weighted by molar-refractivity contribution is -0.144. The van der Waals surface area contributed by atoms with Crippen LogP contribution in [-0.4, -0.2) is 48.3 Å². The van der Waals surface area contributed by atoms with E-state index in [1.165, 1.54) is 23.0 Å². The van der Waals surface area contributed by atoms with Crippen LogP contribution < -0.4 is 0 Å². The van der Waals surface area contributed by atoms with Crippen LogP contribution in [0.15, 0.2) is 48.0 Å². The SMILES string of the molecule is O=C(C=Cc1nccs1)OCC1CN(Cc2ccccc2)CCO1. The second kappa shape index (κ2) is 8.73. The van der Waals surface area contributed by atoms with Crippen LogP contribution in [0, 0.1) is 0 Å². The monoisotopic (exact) mass is 344 g/mol. The number of hydrogen-bond acceptors (Lipinski definition) is 6. The summed E-state index contributed by atoms with van der Waals surface area (Å²) in [5, 5.41) is 2.65. The minimum atomic E-state index is -0.367. The van der Waals surface area contributed by atoms with Crippen molar-refractivity contribution in [2.45, 2.75) is 12.6 Å². The van der Waals surface area contributed by atoms with Crippen molar-refractivity contribution in [1.29, 1.82) is 0 Å². The van der Waals surface area contributed by atoms with Gasteiger partial charge >= 0.3 is 5.97 Å². The Morgan fingerprint density at radius 2 is 2.29 bits per heavy atom. The van der Waals surface area contributed by atoms with E-state index >= 15 is 0 Å². The largest absolute Gasteiger partial charge is 0.460 e. The van der Waals surface area contributed by atoms with Crippen molar-refractivity contribution in [1.82, 2.24) is 9.88 Å². The first-order valence-electron chi connectivity index (χ1n) is 7.92. The summed E-state index contributed by atoms with van der Waals surface area (Å²) >= 11 is 1.48. The summed E-state index contributed by atoms with van der Waals surface area (Å²) in [4.78, 5) is 18.2. The number of benzene rings is 1. The highest BCUT2D eigenvalue weighted by Crippen LogP contribution is 2.11. The summed E-state index contributed by atoms with van der Waals surface area (Å²) in [5.74, 6) is -0.367. The molecule has 126 valence electrons. The third-order valence-corrected chi connectivity index (χ3v) is 4.44. The minimum Gasteiger partial charge on any atom is -0.460 e. The van der Waals surface area contributed by atoms with E-state index in [1.807, 2.05) is 23.6 Å². The maximum absolute atomic E-state index is 11.8.